The average Bonchev–Trinajstić information content (AvgIpc) is 2.80. The molecule has 19 heavy (non-hydrogen) atoms. The summed E-state index contributed by atoms with van der Waals surface area (Å²) in [7, 11) is 0. The third-order valence-corrected chi connectivity index (χ3v) is 3.01. The molecule has 0 fully saturated rings. The lowest BCUT2D eigenvalue weighted by Crippen LogP contribution is -2.17. The van der Waals surface area contributed by atoms with Gasteiger partial charge >= 0.3 is 6.18 Å². The third-order valence-electron chi connectivity index (χ3n) is 2.35. The van der Waals surface area contributed by atoms with E-state index < -0.39 is 29.0 Å². The van der Waals surface area contributed by atoms with E-state index in [1.807, 2.05) is 0 Å². The zero-order chi connectivity index (χ0) is 14.2. The van der Waals surface area contributed by atoms with Gasteiger partial charge in [0.25, 0.3) is 5.91 Å². The van der Waals surface area contributed by atoms with E-state index in [9.17, 15) is 22.4 Å². The molecule has 0 saturated heterocycles. The molecule has 0 saturated carbocycles. The van der Waals surface area contributed by atoms with Crippen molar-refractivity contribution in [2.75, 3.05) is 0 Å². The molecule has 0 unspecified atom stereocenters. The number of halogens is 5. The molecule has 0 atom stereocenters. The second kappa shape index (κ2) is 4.76. The number of hydrogen-bond donors (Lipinski definition) is 0. The number of aromatic nitrogens is 2. The molecular formula is C11H5BrF4N2O. The largest absolute Gasteiger partial charge is 0.419 e. The van der Waals surface area contributed by atoms with E-state index in [-0.39, 0.29) is 4.47 Å². The fourth-order valence-corrected chi connectivity index (χ4v) is 1.95. The Morgan fingerprint density at radius 2 is 2.00 bits per heavy atom. The molecule has 8 heteroatoms. The van der Waals surface area contributed by atoms with Gasteiger partial charge < -0.3 is 0 Å². The van der Waals surface area contributed by atoms with Crippen molar-refractivity contribution in [1.82, 2.24) is 9.55 Å². The van der Waals surface area contributed by atoms with Crippen LogP contribution in [0, 0.1) is 5.82 Å². The first-order chi connectivity index (χ1) is 8.82. The Bertz CT molecular complexity index is 622. The van der Waals surface area contributed by atoms with Crippen molar-refractivity contribution in [1.29, 1.82) is 0 Å². The highest BCUT2D eigenvalue weighted by Crippen LogP contribution is 2.35. The van der Waals surface area contributed by atoms with Crippen LogP contribution in [-0.4, -0.2) is 15.5 Å². The summed E-state index contributed by atoms with van der Waals surface area (Å²) >= 11 is 2.87. The predicted molar refractivity (Wildman–Crippen MR) is 61.1 cm³/mol. The lowest BCUT2D eigenvalue weighted by Gasteiger charge is -2.12. The van der Waals surface area contributed by atoms with E-state index in [1.54, 1.807) is 0 Å². The van der Waals surface area contributed by atoms with E-state index in [0.29, 0.717) is 6.07 Å². The number of imidazole rings is 1. The van der Waals surface area contributed by atoms with Crippen LogP contribution >= 0.6 is 15.9 Å². The van der Waals surface area contributed by atoms with Crippen molar-refractivity contribution in [3.05, 3.63) is 52.3 Å². The Labute approximate surface area is 113 Å². The highest BCUT2D eigenvalue weighted by Gasteiger charge is 2.36. The summed E-state index contributed by atoms with van der Waals surface area (Å²) in [5.41, 5.74) is -2.17. The standard InChI is InChI=1S/C11H5BrF4N2O/c12-7-2-1-6(11(14,15)16)9(13)8(7)10(19)18-4-3-17-5-18/h1-5H. The summed E-state index contributed by atoms with van der Waals surface area (Å²) < 4.78 is 52.4. The second-order valence-corrected chi connectivity index (χ2v) is 4.41. The van der Waals surface area contributed by atoms with Crippen molar-refractivity contribution < 1.29 is 22.4 Å². The van der Waals surface area contributed by atoms with E-state index in [4.69, 9.17) is 0 Å². The number of rotatable bonds is 1. The fourth-order valence-electron chi connectivity index (χ4n) is 1.48. The Kier molecular flexibility index (Phi) is 3.44. The monoisotopic (exact) mass is 336 g/mol. The molecule has 0 aliphatic heterocycles. The molecule has 0 N–H and O–H groups in total. The minimum absolute atomic E-state index is 0.0586. The van der Waals surface area contributed by atoms with Crippen LogP contribution in [0.5, 0.6) is 0 Å². The summed E-state index contributed by atoms with van der Waals surface area (Å²) in [6.07, 6.45) is -1.31. The maximum atomic E-state index is 13.9. The van der Waals surface area contributed by atoms with Crippen molar-refractivity contribution in [3.8, 4) is 0 Å². The number of benzene rings is 1. The fraction of sp³-hybridized carbons (Fsp3) is 0.0909. The Morgan fingerprint density at radius 3 is 2.53 bits per heavy atom. The molecule has 0 amide bonds. The Hall–Kier alpha value is -1.70. The van der Waals surface area contributed by atoms with Crippen molar-refractivity contribution in [2.24, 2.45) is 0 Å². The second-order valence-electron chi connectivity index (χ2n) is 3.56. The first-order valence-electron chi connectivity index (χ1n) is 4.90. The molecule has 0 radical (unpaired) electrons. The van der Waals surface area contributed by atoms with Gasteiger partial charge in [-0.15, -0.1) is 0 Å². The van der Waals surface area contributed by atoms with Crippen LogP contribution in [0.25, 0.3) is 0 Å². The van der Waals surface area contributed by atoms with E-state index in [1.165, 1.54) is 12.4 Å². The lowest BCUT2D eigenvalue weighted by atomic mass is 10.1. The molecule has 0 spiro atoms. The van der Waals surface area contributed by atoms with Crippen LogP contribution in [0.1, 0.15) is 15.9 Å². The average molecular weight is 337 g/mol. The van der Waals surface area contributed by atoms with Gasteiger partial charge in [0, 0.05) is 16.9 Å². The van der Waals surface area contributed by atoms with Gasteiger partial charge in [0.15, 0.2) is 0 Å². The number of alkyl halides is 3. The van der Waals surface area contributed by atoms with Gasteiger partial charge in [-0.05, 0) is 28.1 Å². The maximum Gasteiger partial charge on any atom is 0.419 e. The van der Waals surface area contributed by atoms with Crippen LogP contribution in [0.3, 0.4) is 0 Å². The van der Waals surface area contributed by atoms with E-state index in [2.05, 4.69) is 20.9 Å². The molecule has 0 aliphatic carbocycles. The molecular weight excluding hydrogens is 332 g/mol. The van der Waals surface area contributed by atoms with Gasteiger partial charge in [-0.3, -0.25) is 9.36 Å². The highest BCUT2D eigenvalue weighted by molar-refractivity contribution is 9.10. The summed E-state index contributed by atoms with van der Waals surface area (Å²) in [5, 5.41) is 0. The van der Waals surface area contributed by atoms with Crippen molar-refractivity contribution in [2.45, 2.75) is 6.18 Å². The molecule has 1 aromatic carbocycles. The van der Waals surface area contributed by atoms with Gasteiger partial charge in [0.05, 0.1) is 11.1 Å². The van der Waals surface area contributed by atoms with Crippen LogP contribution in [0.15, 0.2) is 35.3 Å². The van der Waals surface area contributed by atoms with Crippen molar-refractivity contribution in [3.63, 3.8) is 0 Å². The molecule has 0 aliphatic rings. The normalized spacial score (nSPS) is 11.6. The Morgan fingerprint density at radius 1 is 1.32 bits per heavy atom. The maximum absolute atomic E-state index is 13.9. The first kappa shape index (κ1) is 13.7. The van der Waals surface area contributed by atoms with Gasteiger partial charge in [0.1, 0.15) is 12.1 Å². The van der Waals surface area contributed by atoms with Gasteiger partial charge in [-0.1, -0.05) is 0 Å². The number of nitrogens with zero attached hydrogens (tertiary/aromatic N) is 2. The molecule has 0 bridgehead atoms. The van der Waals surface area contributed by atoms with Gasteiger partial charge in [0.2, 0.25) is 0 Å². The molecule has 100 valence electrons. The zero-order valence-electron chi connectivity index (χ0n) is 9.08. The highest BCUT2D eigenvalue weighted by atomic mass is 79.9. The minimum Gasteiger partial charge on any atom is -0.272 e. The van der Waals surface area contributed by atoms with Gasteiger partial charge in [-0.2, -0.15) is 13.2 Å². The topological polar surface area (TPSA) is 34.9 Å². The quantitative estimate of drug-likeness (QED) is 0.747. The number of hydrogen-bond acceptors (Lipinski definition) is 2. The van der Waals surface area contributed by atoms with Crippen LogP contribution in [0.4, 0.5) is 17.6 Å². The number of carbonyl (C=O) groups excluding carboxylic acids is 1. The van der Waals surface area contributed by atoms with Crippen LogP contribution in [-0.2, 0) is 6.18 Å². The van der Waals surface area contributed by atoms with Crippen LogP contribution in [0.2, 0.25) is 0 Å². The van der Waals surface area contributed by atoms with E-state index in [0.717, 1.165) is 17.0 Å². The summed E-state index contributed by atoms with van der Waals surface area (Å²) in [4.78, 5) is 15.5. The van der Waals surface area contributed by atoms with Gasteiger partial charge in [-0.25, -0.2) is 9.37 Å². The molecule has 2 aromatic rings. The zero-order valence-corrected chi connectivity index (χ0v) is 10.7. The minimum atomic E-state index is -4.87. The summed E-state index contributed by atoms with van der Waals surface area (Å²) in [5.74, 6) is -2.55. The molecule has 1 heterocycles. The molecule has 2 rings (SSSR count). The molecule has 3 nitrogen and oxygen atoms in total. The third kappa shape index (κ3) is 2.53. The first-order valence-corrected chi connectivity index (χ1v) is 5.69. The Balaban J connectivity index is 2.61. The number of carbonyl (C=O) groups is 1. The van der Waals surface area contributed by atoms with Crippen LogP contribution < -0.4 is 0 Å². The smallest absolute Gasteiger partial charge is 0.272 e. The summed E-state index contributed by atoms with van der Waals surface area (Å²) in [6, 6.07) is 1.56. The SMILES string of the molecule is O=C(c1c(Br)ccc(C(F)(F)F)c1F)n1ccnc1. The predicted octanol–water partition coefficient (Wildman–Crippen LogP) is 3.49. The lowest BCUT2D eigenvalue weighted by molar-refractivity contribution is -0.140. The molecule has 1 aromatic heterocycles. The van der Waals surface area contributed by atoms with Crippen molar-refractivity contribution >= 4 is 21.8 Å². The summed E-state index contributed by atoms with van der Waals surface area (Å²) in [6.45, 7) is 0. The van der Waals surface area contributed by atoms with E-state index >= 15 is 0 Å².